The average Bonchev–Trinajstić information content (AvgIpc) is 2.39. The Labute approximate surface area is 117 Å². The number of hydrogen-bond donors (Lipinski definition) is 1. The summed E-state index contributed by atoms with van der Waals surface area (Å²) < 4.78 is 14.6. The van der Waals surface area contributed by atoms with Crippen LogP contribution in [0.1, 0.15) is 25.3 Å². The van der Waals surface area contributed by atoms with Crippen LogP contribution in [0.3, 0.4) is 0 Å². The van der Waals surface area contributed by atoms with Crippen LogP contribution >= 0.6 is 15.9 Å². The van der Waals surface area contributed by atoms with Gasteiger partial charge in [0.05, 0.1) is 0 Å². The first kappa shape index (κ1) is 14.0. The highest BCUT2D eigenvalue weighted by Crippen LogP contribution is 2.20. The number of halogens is 2. The fraction of sp³-hybridized carbons (Fsp3) is 0.571. The molecular formula is C14H20BrFN2. The summed E-state index contributed by atoms with van der Waals surface area (Å²) in [5.74, 6) is -0.114. The third-order valence-corrected chi connectivity index (χ3v) is 4.11. The molecule has 0 saturated carbocycles. The number of piperidine rings is 1. The fourth-order valence-electron chi connectivity index (χ4n) is 2.54. The monoisotopic (exact) mass is 314 g/mol. The Morgan fingerprint density at radius 2 is 2.11 bits per heavy atom. The van der Waals surface area contributed by atoms with Crippen molar-refractivity contribution in [3.05, 3.63) is 34.1 Å². The standard InChI is InChI=1S/C14H20BrFN2/c1-2-18(13-5-7-17-8-6-13)10-11-3-4-12(15)9-14(11)16/h3-4,9,13,17H,2,5-8,10H2,1H3. The van der Waals surface area contributed by atoms with E-state index in [0.717, 1.165) is 42.5 Å². The Kier molecular flexibility index (Phi) is 5.15. The van der Waals surface area contributed by atoms with E-state index in [1.54, 1.807) is 6.07 Å². The van der Waals surface area contributed by atoms with Crippen LogP contribution in [0.4, 0.5) is 4.39 Å². The zero-order chi connectivity index (χ0) is 13.0. The van der Waals surface area contributed by atoms with Crippen LogP contribution in [0.25, 0.3) is 0 Å². The molecule has 0 unspecified atom stereocenters. The van der Waals surface area contributed by atoms with E-state index in [9.17, 15) is 4.39 Å². The summed E-state index contributed by atoms with van der Waals surface area (Å²) in [4.78, 5) is 2.38. The van der Waals surface area contributed by atoms with Gasteiger partial charge in [-0.25, -0.2) is 4.39 Å². The largest absolute Gasteiger partial charge is 0.317 e. The summed E-state index contributed by atoms with van der Waals surface area (Å²) in [5.41, 5.74) is 0.790. The molecule has 18 heavy (non-hydrogen) atoms. The Morgan fingerprint density at radius 1 is 1.39 bits per heavy atom. The minimum absolute atomic E-state index is 0.114. The van der Waals surface area contributed by atoms with Crippen molar-refractivity contribution in [3.63, 3.8) is 0 Å². The van der Waals surface area contributed by atoms with Gasteiger partial charge in [0.25, 0.3) is 0 Å². The number of benzene rings is 1. The molecular weight excluding hydrogens is 295 g/mol. The molecule has 1 heterocycles. The van der Waals surface area contributed by atoms with Gasteiger partial charge >= 0.3 is 0 Å². The van der Waals surface area contributed by atoms with Crippen molar-refractivity contribution in [2.45, 2.75) is 32.4 Å². The van der Waals surface area contributed by atoms with Crippen molar-refractivity contribution in [2.75, 3.05) is 19.6 Å². The van der Waals surface area contributed by atoms with Crippen molar-refractivity contribution in [3.8, 4) is 0 Å². The van der Waals surface area contributed by atoms with E-state index in [2.05, 4.69) is 33.1 Å². The van der Waals surface area contributed by atoms with Crippen molar-refractivity contribution in [1.82, 2.24) is 10.2 Å². The summed E-state index contributed by atoms with van der Waals surface area (Å²) in [6.07, 6.45) is 2.32. The van der Waals surface area contributed by atoms with Crippen LogP contribution in [-0.4, -0.2) is 30.6 Å². The summed E-state index contributed by atoms with van der Waals surface area (Å²) in [6.45, 7) is 5.98. The normalized spacial score (nSPS) is 17.3. The number of nitrogens with zero attached hydrogens (tertiary/aromatic N) is 1. The molecule has 0 spiro atoms. The highest BCUT2D eigenvalue weighted by molar-refractivity contribution is 9.10. The lowest BCUT2D eigenvalue weighted by Crippen LogP contribution is -2.42. The van der Waals surface area contributed by atoms with E-state index < -0.39 is 0 Å². The molecule has 0 bridgehead atoms. The second-order valence-corrected chi connectivity index (χ2v) is 5.70. The molecule has 1 fully saturated rings. The van der Waals surface area contributed by atoms with Crippen LogP contribution in [-0.2, 0) is 6.54 Å². The van der Waals surface area contributed by atoms with E-state index in [-0.39, 0.29) is 5.82 Å². The molecule has 100 valence electrons. The van der Waals surface area contributed by atoms with Gasteiger partial charge in [-0.15, -0.1) is 0 Å². The van der Waals surface area contributed by atoms with Gasteiger partial charge in [0.2, 0.25) is 0 Å². The summed E-state index contributed by atoms with van der Waals surface area (Å²) in [5, 5.41) is 3.37. The fourth-order valence-corrected chi connectivity index (χ4v) is 2.87. The predicted octanol–water partition coefficient (Wildman–Crippen LogP) is 3.16. The van der Waals surface area contributed by atoms with Gasteiger partial charge in [-0.1, -0.05) is 28.9 Å². The van der Waals surface area contributed by atoms with Crippen molar-refractivity contribution in [2.24, 2.45) is 0 Å². The number of hydrogen-bond acceptors (Lipinski definition) is 2. The van der Waals surface area contributed by atoms with E-state index in [1.807, 2.05) is 12.1 Å². The maximum Gasteiger partial charge on any atom is 0.128 e. The minimum Gasteiger partial charge on any atom is -0.317 e. The van der Waals surface area contributed by atoms with Crippen molar-refractivity contribution >= 4 is 15.9 Å². The molecule has 1 aliphatic heterocycles. The summed E-state index contributed by atoms with van der Waals surface area (Å²) in [6, 6.07) is 5.92. The van der Waals surface area contributed by atoms with Crippen molar-refractivity contribution in [1.29, 1.82) is 0 Å². The lowest BCUT2D eigenvalue weighted by atomic mass is 10.0. The van der Waals surface area contributed by atoms with Gasteiger partial charge in [-0.3, -0.25) is 4.90 Å². The molecule has 4 heteroatoms. The quantitative estimate of drug-likeness (QED) is 0.918. The average molecular weight is 315 g/mol. The molecule has 1 aromatic rings. The highest BCUT2D eigenvalue weighted by Gasteiger charge is 2.20. The van der Waals surface area contributed by atoms with Gasteiger partial charge in [-0.05, 0) is 44.6 Å². The van der Waals surface area contributed by atoms with E-state index in [0.29, 0.717) is 12.6 Å². The van der Waals surface area contributed by atoms with Gasteiger partial charge < -0.3 is 5.32 Å². The molecule has 0 atom stereocenters. The molecule has 2 rings (SSSR count). The lowest BCUT2D eigenvalue weighted by molar-refractivity contribution is 0.160. The molecule has 1 saturated heterocycles. The first-order valence-electron chi connectivity index (χ1n) is 6.59. The third kappa shape index (κ3) is 3.53. The van der Waals surface area contributed by atoms with Crippen LogP contribution in [0, 0.1) is 5.82 Å². The predicted molar refractivity (Wildman–Crippen MR) is 76.1 cm³/mol. The Balaban J connectivity index is 2.04. The molecule has 2 nitrogen and oxygen atoms in total. The molecule has 1 aromatic carbocycles. The van der Waals surface area contributed by atoms with E-state index in [1.165, 1.54) is 0 Å². The van der Waals surface area contributed by atoms with E-state index in [4.69, 9.17) is 0 Å². The van der Waals surface area contributed by atoms with E-state index >= 15 is 0 Å². The number of rotatable bonds is 4. The Hall–Kier alpha value is -0.450. The zero-order valence-electron chi connectivity index (χ0n) is 10.8. The highest BCUT2D eigenvalue weighted by atomic mass is 79.9. The second kappa shape index (κ2) is 6.64. The molecule has 0 radical (unpaired) electrons. The molecule has 0 aromatic heterocycles. The van der Waals surface area contributed by atoms with Crippen LogP contribution in [0.15, 0.2) is 22.7 Å². The maximum absolute atomic E-state index is 13.8. The lowest BCUT2D eigenvalue weighted by Gasteiger charge is -2.34. The van der Waals surface area contributed by atoms with Gasteiger partial charge in [0.15, 0.2) is 0 Å². The van der Waals surface area contributed by atoms with Gasteiger partial charge in [0.1, 0.15) is 5.82 Å². The number of nitrogens with one attached hydrogen (secondary N) is 1. The molecule has 0 amide bonds. The minimum atomic E-state index is -0.114. The first-order chi connectivity index (χ1) is 8.70. The third-order valence-electron chi connectivity index (χ3n) is 3.62. The molecule has 0 aliphatic carbocycles. The molecule has 1 N–H and O–H groups in total. The maximum atomic E-state index is 13.8. The SMILES string of the molecule is CCN(Cc1ccc(Br)cc1F)C1CCNCC1. The first-order valence-corrected chi connectivity index (χ1v) is 7.38. The Bertz CT molecular complexity index is 391. The second-order valence-electron chi connectivity index (χ2n) is 4.78. The van der Waals surface area contributed by atoms with Gasteiger partial charge in [-0.2, -0.15) is 0 Å². The summed E-state index contributed by atoms with van der Waals surface area (Å²) in [7, 11) is 0. The smallest absolute Gasteiger partial charge is 0.128 e. The van der Waals surface area contributed by atoms with Crippen molar-refractivity contribution < 1.29 is 4.39 Å². The summed E-state index contributed by atoms with van der Waals surface area (Å²) >= 11 is 3.29. The van der Waals surface area contributed by atoms with Crippen LogP contribution in [0.5, 0.6) is 0 Å². The van der Waals surface area contributed by atoms with Crippen LogP contribution in [0.2, 0.25) is 0 Å². The van der Waals surface area contributed by atoms with Crippen LogP contribution < -0.4 is 5.32 Å². The molecule has 1 aliphatic rings. The topological polar surface area (TPSA) is 15.3 Å². The van der Waals surface area contributed by atoms with Gasteiger partial charge in [0, 0.05) is 22.6 Å². The Morgan fingerprint density at radius 3 is 2.72 bits per heavy atom. The zero-order valence-corrected chi connectivity index (χ0v) is 12.3.